The second-order valence-corrected chi connectivity index (χ2v) is 6.40. The largest absolute Gasteiger partial charge is 0.352 e. The lowest BCUT2D eigenvalue weighted by Gasteiger charge is -2.17. The summed E-state index contributed by atoms with van der Waals surface area (Å²) in [5.41, 5.74) is 0.985. The van der Waals surface area contributed by atoms with Crippen molar-refractivity contribution in [1.29, 1.82) is 0 Å². The first-order valence-electron chi connectivity index (χ1n) is 7.11. The summed E-state index contributed by atoms with van der Waals surface area (Å²) in [6.07, 6.45) is 0.855. The van der Waals surface area contributed by atoms with Crippen molar-refractivity contribution in [2.45, 2.75) is 59.7 Å². The Balaban J connectivity index is 2.37. The van der Waals surface area contributed by atoms with Gasteiger partial charge in [0, 0.05) is 10.9 Å². The summed E-state index contributed by atoms with van der Waals surface area (Å²) in [7, 11) is 0. The van der Waals surface area contributed by atoms with Crippen LogP contribution in [0.3, 0.4) is 0 Å². The average molecular weight is 312 g/mol. The van der Waals surface area contributed by atoms with Crippen LogP contribution in [0.1, 0.15) is 42.8 Å². The van der Waals surface area contributed by atoms with Crippen molar-refractivity contribution in [2.24, 2.45) is 0 Å². The van der Waals surface area contributed by atoms with Gasteiger partial charge >= 0.3 is 6.03 Å². The van der Waals surface area contributed by atoms with Crippen LogP contribution in [0.5, 0.6) is 0 Å². The number of urea groups is 1. The Morgan fingerprint density at radius 1 is 1.24 bits per heavy atom. The van der Waals surface area contributed by atoms with Gasteiger partial charge in [0.2, 0.25) is 5.91 Å². The smallest absolute Gasteiger partial charge is 0.315 e. The quantitative estimate of drug-likeness (QED) is 0.750. The Morgan fingerprint density at radius 3 is 2.43 bits per heavy atom. The zero-order chi connectivity index (χ0) is 16.0. The van der Waals surface area contributed by atoms with Crippen molar-refractivity contribution in [1.82, 2.24) is 20.9 Å². The summed E-state index contributed by atoms with van der Waals surface area (Å²) in [4.78, 5) is 29.0. The fourth-order valence-corrected chi connectivity index (χ4v) is 2.43. The maximum atomic E-state index is 11.8. The van der Waals surface area contributed by atoms with Crippen LogP contribution < -0.4 is 16.0 Å². The van der Waals surface area contributed by atoms with E-state index in [0.29, 0.717) is 6.54 Å². The first-order chi connectivity index (χ1) is 9.83. The number of carbonyl (C=O) groups excluding carboxylic acids is 2. The van der Waals surface area contributed by atoms with E-state index in [4.69, 9.17) is 0 Å². The Bertz CT molecular complexity index is 482. The number of amides is 3. The van der Waals surface area contributed by atoms with Crippen molar-refractivity contribution < 1.29 is 9.59 Å². The van der Waals surface area contributed by atoms with E-state index in [1.165, 1.54) is 0 Å². The number of nitrogens with zero attached hydrogens (tertiary/aromatic N) is 1. The molecule has 3 amide bonds. The SMILES string of the molecule is CC[C@H](C)NC(=O)[C@H](C)NC(=O)NCc1nc(C)c(C)s1. The van der Waals surface area contributed by atoms with Crippen molar-refractivity contribution >= 4 is 23.3 Å². The molecule has 1 rings (SSSR count). The number of nitrogens with one attached hydrogen (secondary N) is 3. The van der Waals surface area contributed by atoms with E-state index in [0.717, 1.165) is 22.0 Å². The highest BCUT2D eigenvalue weighted by atomic mass is 32.1. The van der Waals surface area contributed by atoms with Gasteiger partial charge in [0.15, 0.2) is 0 Å². The molecule has 3 N–H and O–H groups in total. The minimum atomic E-state index is -0.571. The van der Waals surface area contributed by atoms with Crippen LogP contribution in [-0.2, 0) is 11.3 Å². The van der Waals surface area contributed by atoms with E-state index < -0.39 is 6.04 Å². The molecule has 0 bridgehead atoms. The average Bonchev–Trinajstić information content (AvgIpc) is 2.75. The number of hydrogen-bond donors (Lipinski definition) is 3. The predicted molar refractivity (Wildman–Crippen MR) is 84.3 cm³/mol. The second-order valence-electron chi connectivity index (χ2n) is 5.12. The van der Waals surface area contributed by atoms with Crippen LogP contribution in [0.15, 0.2) is 0 Å². The van der Waals surface area contributed by atoms with Crippen LogP contribution in [0, 0.1) is 13.8 Å². The molecule has 1 aromatic heterocycles. The van der Waals surface area contributed by atoms with Crippen LogP contribution in [-0.4, -0.2) is 29.0 Å². The van der Waals surface area contributed by atoms with E-state index in [1.54, 1.807) is 18.3 Å². The topological polar surface area (TPSA) is 83.1 Å². The molecule has 0 aliphatic heterocycles. The maximum absolute atomic E-state index is 11.8. The zero-order valence-corrected chi connectivity index (χ0v) is 14.1. The number of rotatable bonds is 6. The van der Waals surface area contributed by atoms with Crippen LogP contribution >= 0.6 is 11.3 Å². The third kappa shape index (κ3) is 5.71. The van der Waals surface area contributed by atoms with Crippen molar-refractivity contribution in [2.75, 3.05) is 0 Å². The van der Waals surface area contributed by atoms with Gasteiger partial charge in [-0.1, -0.05) is 6.92 Å². The summed E-state index contributed by atoms with van der Waals surface area (Å²) in [5, 5.41) is 9.01. The van der Waals surface area contributed by atoms with E-state index in [-0.39, 0.29) is 18.0 Å². The van der Waals surface area contributed by atoms with Crippen LogP contribution in [0.25, 0.3) is 0 Å². The molecule has 7 heteroatoms. The zero-order valence-electron chi connectivity index (χ0n) is 13.2. The minimum Gasteiger partial charge on any atom is -0.352 e. The number of carbonyl (C=O) groups is 2. The molecule has 0 aliphatic carbocycles. The molecule has 118 valence electrons. The van der Waals surface area contributed by atoms with E-state index in [9.17, 15) is 9.59 Å². The van der Waals surface area contributed by atoms with E-state index in [2.05, 4.69) is 20.9 Å². The first-order valence-corrected chi connectivity index (χ1v) is 7.92. The standard InChI is InChI=1S/C14H24N4O2S/c1-6-8(2)16-13(19)10(4)18-14(20)15-7-12-17-9(3)11(5)21-12/h8,10H,6-7H2,1-5H3,(H,16,19)(H2,15,18,20)/t8-,10-/m0/s1. The molecule has 0 saturated heterocycles. The molecule has 2 atom stereocenters. The van der Waals surface area contributed by atoms with Crippen molar-refractivity contribution in [3.05, 3.63) is 15.6 Å². The summed E-state index contributed by atoms with van der Waals surface area (Å²) in [6, 6.07) is -0.836. The van der Waals surface area contributed by atoms with Gasteiger partial charge in [-0.05, 0) is 34.1 Å². The fourth-order valence-electron chi connectivity index (χ4n) is 1.55. The highest BCUT2D eigenvalue weighted by Gasteiger charge is 2.16. The van der Waals surface area contributed by atoms with E-state index in [1.807, 2.05) is 27.7 Å². The molecule has 0 aromatic carbocycles. The monoisotopic (exact) mass is 312 g/mol. The maximum Gasteiger partial charge on any atom is 0.315 e. The molecular formula is C14H24N4O2S. The molecule has 0 aliphatic rings. The molecule has 0 fully saturated rings. The van der Waals surface area contributed by atoms with Gasteiger partial charge in [-0.25, -0.2) is 9.78 Å². The van der Waals surface area contributed by atoms with Gasteiger partial charge in [0.05, 0.1) is 12.2 Å². The third-order valence-corrected chi connectivity index (χ3v) is 4.29. The Morgan fingerprint density at radius 2 is 1.90 bits per heavy atom. The summed E-state index contributed by atoms with van der Waals surface area (Å²) in [5.74, 6) is -0.180. The Kier molecular flexibility index (Phi) is 6.61. The number of hydrogen-bond acceptors (Lipinski definition) is 4. The van der Waals surface area contributed by atoms with Crippen LogP contribution in [0.4, 0.5) is 4.79 Å². The Hall–Kier alpha value is -1.63. The summed E-state index contributed by atoms with van der Waals surface area (Å²) < 4.78 is 0. The molecule has 6 nitrogen and oxygen atoms in total. The highest BCUT2D eigenvalue weighted by molar-refractivity contribution is 7.11. The Labute approximate surface area is 129 Å². The lowest BCUT2D eigenvalue weighted by molar-refractivity contribution is -0.123. The number of aromatic nitrogens is 1. The van der Waals surface area contributed by atoms with Gasteiger partial charge in [-0.2, -0.15) is 0 Å². The molecule has 1 aromatic rings. The molecule has 21 heavy (non-hydrogen) atoms. The second kappa shape index (κ2) is 7.97. The van der Waals surface area contributed by atoms with Crippen molar-refractivity contribution in [3.8, 4) is 0 Å². The van der Waals surface area contributed by atoms with E-state index >= 15 is 0 Å². The normalized spacial score (nSPS) is 13.4. The molecule has 0 unspecified atom stereocenters. The minimum absolute atomic E-state index is 0.103. The van der Waals surface area contributed by atoms with Gasteiger partial charge < -0.3 is 16.0 Å². The summed E-state index contributed by atoms with van der Waals surface area (Å²) in [6.45, 7) is 9.89. The number of aryl methyl sites for hydroxylation is 2. The van der Waals surface area contributed by atoms with Gasteiger partial charge in [-0.3, -0.25) is 4.79 Å². The predicted octanol–water partition coefficient (Wildman–Crippen LogP) is 1.86. The molecule has 0 spiro atoms. The highest BCUT2D eigenvalue weighted by Crippen LogP contribution is 2.15. The van der Waals surface area contributed by atoms with Gasteiger partial charge in [-0.15, -0.1) is 11.3 Å². The first kappa shape index (κ1) is 17.4. The molecule has 0 saturated carbocycles. The molecular weight excluding hydrogens is 288 g/mol. The fraction of sp³-hybridized carbons (Fsp3) is 0.643. The third-order valence-electron chi connectivity index (χ3n) is 3.21. The lowest BCUT2D eigenvalue weighted by atomic mass is 10.2. The van der Waals surface area contributed by atoms with Crippen LogP contribution in [0.2, 0.25) is 0 Å². The lowest BCUT2D eigenvalue weighted by Crippen LogP contribution is -2.49. The van der Waals surface area contributed by atoms with Crippen molar-refractivity contribution in [3.63, 3.8) is 0 Å². The number of thiazole rings is 1. The van der Waals surface area contributed by atoms with Gasteiger partial charge in [0.25, 0.3) is 0 Å². The summed E-state index contributed by atoms with van der Waals surface area (Å²) >= 11 is 1.56. The molecule has 1 heterocycles. The molecule has 0 radical (unpaired) electrons. The van der Waals surface area contributed by atoms with Gasteiger partial charge in [0.1, 0.15) is 11.0 Å².